The Kier molecular flexibility index (Phi) is 2.53. The van der Waals surface area contributed by atoms with Crippen molar-refractivity contribution in [2.24, 2.45) is 0 Å². The number of aliphatic hydroxyl groups is 1. The summed E-state index contributed by atoms with van der Waals surface area (Å²) in [5.41, 5.74) is -0.472. The summed E-state index contributed by atoms with van der Waals surface area (Å²) in [7, 11) is 0. The van der Waals surface area contributed by atoms with E-state index in [-0.39, 0.29) is 4.83 Å². The van der Waals surface area contributed by atoms with Gasteiger partial charge in [0.25, 0.3) is 0 Å². The number of thiophene rings is 1. The molecule has 2 heterocycles. The lowest BCUT2D eigenvalue weighted by Gasteiger charge is -2.38. The normalized spacial score (nSPS) is 27.7. The van der Waals surface area contributed by atoms with Crippen LogP contribution in [0.2, 0.25) is 0 Å². The third-order valence-electron chi connectivity index (χ3n) is 2.42. The van der Waals surface area contributed by atoms with Crippen LogP contribution in [0.4, 0.5) is 0 Å². The lowest BCUT2D eigenvalue weighted by atomic mass is 9.96. The van der Waals surface area contributed by atoms with Crippen LogP contribution in [0, 0.1) is 11.3 Å². The molecule has 0 spiro atoms. The zero-order valence-electron chi connectivity index (χ0n) is 8.32. The average molecular weight is 288 g/mol. The first kappa shape index (κ1) is 10.9. The van der Waals surface area contributed by atoms with E-state index in [1.807, 2.05) is 13.8 Å². The summed E-state index contributed by atoms with van der Waals surface area (Å²) in [6.45, 7) is 3.81. The maximum absolute atomic E-state index is 10.0. The first-order chi connectivity index (χ1) is 6.95. The lowest BCUT2D eigenvalue weighted by molar-refractivity contribution is 0.0255. The molecule has 1 aromatic heterocycles. The first-order valence-electron chi connectivity index (χ1n) is 4.50. The summed E-state index contributed by atoms with van der Waals surface area (Å²) in [6.07, 6.45) is -0.615. The molecule has 1 aliphatic heterocycles. The molecule has 0 unspecified atom stereocenters. The maximum Gasteiger partial charge on any atom is 0.138 e. The Bertz CT molecular complexity index is 435. The molecule has 0 saturated carbocycles. The van der Waals surface area contributed by atoms with Crippen molar-refractivity contribution < 1.29 is 9.84 Å². The quantitative estimate of drug-likeness (QED) is 0.746. The van der Waals surface area contributed by atoms with E-state index in [4.69, 9.17) is 10.00 Å². The van der Waals surface area contributed by atoms with Crippen molar-refractivity contribution in [2.75, 3.05) is 0 Å². The molecule has 0 fully saturated rings. The van der Waals surface area contributed by atoms with Gasteiger partial charge in [0.1, 0.15) is 28.4 Å². The number of aliphatic hydroxyl groups excluding tert-OH is 1. The van der Waals surface area contributed by atoms with Gasteiger partial charge in [0.05, 0.1) is 9.70 Å². The Balaban J connectivity index is 2.49. The fourth-order valence-corrected chi connectivity index (χ4v) is 3.02. The van der Waals surface area contributed by atoms with E-state index >= 15 is 0 Å². The van der Waals surface area contributed by atoms with Crippen LogP contribution in [0.25, 0.3) is 0 Å². The highest BCUT2D eigenvalue weighted by Crippen LogP contribution is 2.47. The van der Waals surface area contributed by atoms with Gasteiger partial charge in [-0.15, -0.1) is 11.3 Å². The number of hydrogen-bond donors (Lipinski definition) is 1. The van der Waals surface area contributed by atoms with Crippen LogP contribution in [-0.4, -0.2) is 15.5 Å². The third-order valence-corrected chi connectivity index (χ3v) is 5.11. The highest BCUT2D eigenvalue weighted by atomic mass is 79.9. The van der Waals surface area contributed by atoms with Crippen LogP contribution in [-0.2, 0) is 0 Å². The molecule has 15 heavy (non-hydrogen) atoms. The van der Waals surface area contributed by atoms with E-state index in [2.05, 4.69) is 22.0 Å². The second-order valence-electron chi connectivity index (χ2n) is 4.00. The fourth-order valence-electron chi connectivity index (χ4n) is 1.58. The molecule has 0 radical (unpaired) electrons. The van der Waals surface area contributed by atoms with Crippen LogP contribution >= 0.6 is 27.3 Å². The van der Waals surface area contributed by atoms with Crippen molar-refractivity contribution in [2.45, 2.75) is 30.4 Å². The van der Waals surface area contributed by atoms with Crippen LogP contribution in [0.15, 0.2) is 6.07 Å². The number of nitrogens with zero attached hydrogens (tertiary/aromatic N) is 1. The van der Waals surface area contributed by atoms with Gasteiger partial charge in [-0.05, 0) is 13.8 Å². The van der Waals surface area contributed by atoms with Crippen LogP contribution in [0.3, 0.4) is 0 Å². The molecule has 0 aliphatic carbocycles. The number of alkyl halides is 1. The molecule has 5 heteroatoms. The van der Waals surface area contributed by atoms with Crippen molar-refractivity contribution in [3.8, 4) is 11.8 Å². The Hall–Kier alpha value is -0.570. The van der Waals surface area contributed by atoms with Gasteiger partial charge in [0.15, 0.2) is 0 Å². The topological polar surface area (TPSA) is 53.2 Å². The molecule has 2 rings (SSSR count). The second kappa shape index (κ2) is 3.48. The van der Waals surface area contributed by atoms with Gasteiger partial charge in [-0.2, -0.15) is 5.26 Å². The van der Waals surface area contributed by atoms with E-state index in [1.165, 1.54) is 11.3 Å². The smallest absolute Gasteiger partial charge is 0.138 e. The molecule has 0 bridgehead atoms. The van der Waals surface area contributed by atoms with Gasteiger partial charge in [-0.3, -0.25) is 0 Å². The molecule has 1 aliphatic rings. The Labute approximate surface area is 100 Å². The van der Waals surface area contributed by atoms with Gasteiger partial charge in [0, 0.05) is 6.07 Å². The molecule has 1 aromatic rings. The van der Waals surface area contributed by atoms with Crippen molar-refractivity contribution >= 4 is 27.3 Å². The predicted molar refractivity (Wildman–Crippen MR) is 61.4 cm³/mol. The molecular formula is C10H10BrNO2S. The molecule has 0 saturated heterocycles. The highest BCUT2D eigenvalue weighted by Gasteiger charge is 2.42. The summed E-state index contributed by atoms with van der Waals surface area (Å²) >= 11 is 4.71. The summed E-state index contributed by atoms with van der Waals surface area (Å²) in [4.78, 5) is 1.13. The fraction of sp³-hybridized carbons (Fsp3) is 0.500. The molecule has 3 nitrogen and oxygen atoms in total. The largest absolute Gasteiger partial charge is 0.485 e. The number of ether oxygens (including phenoxy) is 1. The number of halogens is 1. The van der Waals surface area contributed by atoms with E-state index in [0.717, 1.165) is 4.88 Å². The van der Waals surface area contributed by atoms with Gasteiger partial charge < -0.3 is 9.84 Å². The van der Waals surface area contributed by atoms with E-state index < -0.39 is 11.7 Å². The zero-order valence-corrected chi connectivity index (χ0v) is 10.7. The van der Waals surface area contributed by atoms with Crippen LogP contribution < -0.4 is 4.74 Å². The van der Waals surface area contributed by atoms with Gasteiger partial charge in [-0.25, -0.2) is 0 Å². The van der Waals surface area contributed by atoms with E-state index in [0.29, 0.717) is 10.6 Å². The third kappa shape index (κ3) is 1.67. The van der Waals surface area contributed by atoms with Gasteiger partial charge in [0.2, 0.25) is 0 Å². The van der Waals surface area contributed by atoms with Crippen LogP contribution in [0.1, 0.15) is 29.7 Å². The number of nitriles is 1. The summed E-state index contributed by atoms with van der Waals surface area (Å²) < 4.78 is 5.74. The monoisotopic (exact) mass is 287 g/mol. The second-order valence-corrected chi connectivity index (χ2v) is 6.07. The molecule has 80 valence electrons. The van der Waals surface area contributed by atoms with Crippen LogP contribution in [0.5, 0.6) is 5.75 Å². The lowest BCUT2D eigenvalue weighted by Crippen LogP contribution is -2.44. The molecule has 0 aromatic carbocycles. The zero-order chi connectivity index (χ0) is 11.2. The first-order valence-corrected chi connectivity index (χ1v) is 6.24. The Morgan fingerprint density at radius 3 is 2.93 bits per heavy atom. The number of rotatable bonds is 0. The molecular weight excluding hydrogens is 278 g/mol. The van der Waals surface area contributed by atoms with E-state index in [9.17, 15) is 5.11 Å². The molecule has 0 amide bonds. The summed E-state index contributed by atoms with van der Waals surface area (Å²) in [5.74, 6) is 0.629. The number of fused-ring (bicyclic) bond motifs is 1. The van der Waals surface area contributed by atoms with Gasteiger partial charge in [-0.1, -0.05) is 15.9 Å². The highest BCUT2D eigenvalue weighted by molar-refractivity contribution is 9.09. The van der Waals surface area contributed by atoms with E-state index in [1.54, 1.807) is 6.07 Å². The Morgan fingerprint density at radius 2 is 2.33 bits per heavy atom. The summed E-state index contributed by atoms with van der Waals surface area (Å²) in [5, 5.41) is 18.8. The summed E-state index contributed by atoms with van der Waals surface area (Å²) in [6, 6.07) is 3.74. The van der Waals surface area contributed by atoms with Crippen molar-refractivity contribution in [3.63, 3.8) is 0 Å². The average Bonchev–Trinajstić information content (AvgIpc) is 2.57. The minimum absolute atomic E-state index is 0.164. The minimum Gasteiger partial charge on any atom is -0.485 e. The maximum atomic E-state index is 10.0. The minimum atomic E-state index is -0.615. The van der Waals surface area contributed by atoms with Crippen molar-refractivity contribution in [1.82, 2.24) is 0 Å². The predicted octanol–water partition coefficient (Wildman–Crippen LogP) is 2.59. The van der Waals surface area contributed by atoms with Gasteiger partial charge >= 0.3 is 0 Å². The standard InChI is InChI=1S/C10H10BrNO2S/c1-10(2)9(11)7(13)8-6(14-10)3-5(4-12)15-8/h3,7,9,13H,1-2H3/t7-,9+/m1/s1. The van der Waals surface area contributed by atoms with Crippen molar-refractivity contribution in [1.29, 1.82) is 5.26 Å². The molecule has 2 atom stereocenters. The number of hydrogen-bond acceptors (Lipinski definition) is 4. The Morgan fingerprint density at radius 1 is 1.67 bits per heavy atom. The SMILES string of the molecule is CC1(C)Oc2cc(C#N)sc2[C@@H](O)[C@@H]1Br. The molecule has 1 N–H and O–H groups in total. The van der Waals surface area contributed by atoms with Crippen molar-refractivity contribution in [3.05, 3.63) is 15.8 Å².